The average Bonchev–Trinajstić information content (AvgIpc) is 2.94. The predicted octanol–water partition coefficient (Wildman–Crippen LogP) is 3.98. The van der Waals surface area contributed by atoms with E-state index in [4.69, 9.17) is 5.10 Å². The summed E-state index contributed by atoms with van der Waals surface area (Å²) in [6.45, 7) is 1.65. The fraction of sp³-hybridized carbons (Fsp3) is 0.500. The van der Waals surface area contributed by atoms with Crippen LogP contribution in [0.15, 0.2) is 18.2 Å². The topological polar surface area (TPSA) is 29.9 Å². The molecule has 1 N–H and O–H groups in total. The molecule has 1 aliphatic heterocycles. The third kappa shape index (κ3) is 2.78. The number of nitrogens with zero attached hydrogens (tertiary/aromatic N) is 2. The van der Waals surface area contributed by atoms with Crippen LogP contribution in [0.1, 0.15) is 49.4 Å². The highest BCUT2D eigenvalue weighted by Crippen LogP contribution is 2.35. The highest BCUT2D eigenvalue weighted by Gasteiger charge is 2.26. The maximum Gasteiger partial charge on any atom is 0.126 e. The minimum atomic E-state index is -0.551. The summed E-state index contributed by atoms with van der Waals surface area (Å²) in [5.74, 6) is -1.10. The molecule has 1 aromatic heterocycles. The van der Waals surface area contributed by atoms with Crippen LogP contribution in [-0.4, -0.2) is 16.3 Å². The monoisotopic (exact) mass is 317 g/mol. The van der Waals surface area contributed by atoms with Crippen molar-refractivity contribution in [3.05, 3.63) is 41.1 Å². The lowest BCUT2D eigenvalue weighted by molar-refractivity contribution is 0.320. The summed E-state index contributed by atoms with van der Waals surface area (Å²) < 4.78 is 29.4. The Balaban J connectivity index is 1.81. The third-order valence-electron chi connectivity index (χ3n) is 5.02. The van der Waals surface area contributed by atoms with E-state index in [0.717, 1.165) is 49.7 Å². The van der Waals surface area contributed by atoms with Crippen LogP contribution in [0.25, 0.3) is 11.3 Å². The smallest absolute Gasteiger partial charge is 0.126 e. The SMILES string of the molecule is Fc1cc(F)cc(-c2nn(C3CCCCC3)c3c2CNCC3)c1. The van der Waals surface area contributed by atoms with Crippen molar-refractivity contribution in [3.63, 3.8) is 0 Å². The number of benzene rings is 1. The van der Waals surface area contributed by atoms with Crippen molar-refractivity contribution in [3.8, 4) is 11.3 Å². The van der Waals surface area contributed by atoms with Crippen LogP contribution >= 0.6 is 0 Å². The average molecular weight is 317 g/mol. The fourth-order valence-corrected chi connectivity index (χ4v) is 3.92. The molecule has 1 aliphatic carbocycles. The molecule has 0 radical (unpaired) electrons. The Bertz CT molecular complexity index is 697. The zero-order chi connectivity index (χ0) is 15.8. The highest BCUT2D eigenvalue weighted by atomic mass is 19.1. The zero-order valence-electron chi connectivity index (χ0n) is 13.1. The Labute approximate surface area is 134 Å². The van der Waals surface area contributed by atoms with Crippen LogP contribution in [0.4, 0.5) is 8.78 Å². The minimum Gasteiger partial charge on any atom is -0.312 e. The predicted molar refractivity (Wildman–Crippen MR) is 85.1 cm³/mol. The van der Waals surface area contributed by atoms with Crippen molar-refractivity contribution in [2.45, 2.75) is 51.1 Å². The first-order chi connectivity index (χ1) is 11.2. The van der Waals surface area contributed by atoms with Crippen molar-refractivity contribution in [1.29, 1.82) is 0 Å². The van der Waals surface area contributed by atoms with Crippen molar-refractivity contribution in [2.75, 3.05) is 6.54 Å². The summed E-state index contributed by atoms with van der Waals surface area (Å²) >= 11 is 0. The Hall–Kier alpha value is -1.75. The molecule has 1 fully saturated rings. The standard InChI is InChI=1S/C18H21F2N3/c19-13-8-12(9-14(20)10-13)18-16-11-21-7-6-17(16)23(22-18)15-4-2-1-3-5-15/h8-10,15,21H,1-7,11H2. The van der Waals surface area contributed by atoms with Gasteiger partial charge in [-0.25, -0.2) is 8.78 Å². The van der Waals surface area contributed by atoms with Crippen LogP contribution in [0.5, 0.6) is 0 Å². The Morgan fingerprint density at radius 1 is 1.04 bits per heavy atom. The maximum atomic E-state index is 13.6. The molecular weight excluding hydrogens is 296 g/mol. The summed E-state index contributed by atoms with van der Waals surface area (Å²) in [7, 11) is 0. The lowest BCUT2D eigenvalue weighted by Gasteiger charge is -2.25. The number of halogens is 2. The van der Waals surface area contributed by atoms with Crippen molar-refractivity contribution in [1.82, 2.24) is 15.1 Å². The molecule has 0 bridgehead atoms. The van der Waals surface area contributed by atoms with Gasteiger partial charge in [0.25, 0.3) is 0 Å². The van der Waals surface area contributed by atoms with E-state index in [-0.39, 0.29) is 0 Å². The molecule has 2 heterocycles. The first kappa shape index (κ1) is 14.8. The van der Waals surface area contributed by atoms with E-state index in [0.29, 0.717) is 11.6 Å². The molecule has 0 amide bonds. The van der Waals surface area contributed by atoms with Crippen molar-refractivity contribution < 1.29 is 8.78 Å². The second-order valence-corrected chi connectivity index (χ2v) is 6.60. The van der Waals surface area contributed by atoms with E-state index < -0.39 is 11.6 Å². The molecule has 0 spiro atoms. The summed E-state index contributed by atoms with van der Waals surface area (Å²) in [5.41, 5.74) is 3.62. The highest BCUT2D eigenvalue weighted by molar-refractivity contribution is 5.64. The summed E-state index contributed by atoms with van der Waals surface area (Å²) in [5, 5.41) is 8.17. The van der Waals surface area contributed by atoms with Crippen LogP contribution in [0, 0.1) is 11.6 Å². The minimum absolute atomic E-state index is 0.433. The third-order valence-corrected chi connectivity index (χ3v) is 5.02. The quantitative estimate of drug-likeness (QED) is 0.908. The van der Waals surface area contributed by atoms with Gasteiger partial charge in [-0.05, 0) is 25.0 Å². The number of hydrogen-bond donors (Lipinski definition) is 1. The number of rotatable bonds is 2. The lowest BCUT2D eigenvalue weighted by Crippen LogP contribution is -2.26. The van der Waals surface area contributed by atoms with Gasteiger partial charge in [0.2, 0.25) is 0 Å². The molecule has 1 saturated carbocycles. The molecule has 0 unspecified atom stereocenters. The maximum absolute atomic E-state index is 13.6. The Morgan fingerprint density at radius 3 is 2.52 bits per heavy atom. The van der Waals surface area contributed by atoms with Crippen LogP contribution < -0.4 is 5.32 Å². The van der Waals surface area contributed by atoms with Gasteiger partial charge < -0.3 is 5.32 Å². The zero-order valence-corrected chi connectivity index (χ0v) is 13.1. The van der Waals surface area contributed by atoms with E-state index in [1.165, 1.54) is 37.1 Å². The number of fused-ring (bicyclic) bond motifs is 1. The summed E-state index contributed by atoms with van der Waals surface area (Å²) in [6, 6.07) is 4.10. The van der Waals surface area contributed by atoms with Gasteiger partial charge in [0, 0.05) is 42.4 Å². The fourth-order valence-electron chi connectivity index (χ4n) is 3.92. The van der Waals surface area contributed by atoms with Crippen molar-refractivity contribution >= 4 is 0 Å². The van der Waals surface area contributed by atoms with Gasteiger partial charge in [-0.3, -0.25) is 4.68 Å². The largest absolute Gasteiger partial charge is 0.312 e. The van der Waals surface area contributed by atoms with Crippen LogP contribution in [0.3, 0.4) is 0 Å². The number of nitrogens with one attached hydrogen (secondary N) is 1. The van der Waals surface area contributed by atoms with Gasteiger partial charge in [0.15, 0.2) is 0 Å². The first-order valence-corrected chi connectivity index (χ1v) is 8.50. The Kier molecular flexibility index (Phi) is 3.89. The molecular formula is C18H21F2N3. The number of hydrogen-bond acceptors (Lipinski definition) is 2. The summed E-state index contributed by atoms with van der Waals surface area (Å²) in [6.07, 6.45) is 7.00. The first-order valence-electron chi connectivity index (χ1n) is 8.50. The van der Waals surface area contributed by atoms with Gasteiger partial charge in [-0.1, -0.05) is 19.3 Å². The van der Waals surface area contributed by atoms with Crippen LogP contribution in [0.2, 0.25) is 0 Å². The molecule has 122 valence electrons. The van der Waals surface area contributed by atoms with Gasteiger partial charge in [-0.15, -0.1) is 0 Å². The summed E-state index contributed by atoms with van der Waals surface area (Å²) in [4.78, 5) is 0. The Morgan fingerprint density at radius 2 is 1.78 bits per heavy atom. The number of aromatic nitrogens is 2. The second kappa shape index (κ2) is 6.04. The molecule has 5 heteroatoms. The molecule has 0 atom stereocenters. The van der Waals surface area contributed by atoms with Gasteiger partial charge in [-0.2, -0.15) is 5.10 Å². The molecule has 2 aromatic rings. The molecule has 4 rings (SSSR count). The lowest BCUT2D eigenvalue weighted by atomic mass is 9.95. The van der Waals surface area contributed by atoms with Gasteiger partial charge in [0.05, 0.1) is 11.7 Å². The van der Waals surface area contributed by atoms with Crippen LogP contribution in [-0.2, 0) is 13.0 Å². The van der Waals surface area contributed by atoms with Gasteiger partial charge >= 0.3 is 0 Å². The van der Waals surface area contributed by atoms with E-state index in [1.54, 1.807) is 0 Å². The second-order valence-electron chi connectivity index (χ2n) is 6.60. The van der Waals surface area contributed by atoms with Crippen molar-refractivity contribution in [2.24, 2.45) is 0 Å². The molecule has 1 aromatic carbocycles. The molecule has 2 aliphatic rings. The van der Waals surface area contributed by atoms with E-state index >= 15 is 0 Å². The normalized spacial score (nSPS) is 18.9. The molecule has 3 nitrogen and oxygen atoms in total. The van der Waals surface area contributed by atoms with E-state index in [1.807, 2.05) is 0 Å². The molecule has 0 saturated heterocycles. The van der Waals surface area contributed by atoms with Gasteiger partial charge in [0.1, 0.15) is 11.6 Å². The molecule has 23 heavy (non-hydrogen) atoms. The van der Waals surface area contributed by atoms with E-state index in [2.05, 4.69) is 10.00 Å². The van der Waals surface area contributed by atoms with E-state index in [9.17, 15) is 8.78 Å².